The first kappa shape index (κ1) is 31.3. The summed E-state index contributed by atoms with van der Waals surface area (Å²) in [6, 6.07) is 0. The van der Waals surface area contributed by atoms with Crippen molar-refractivity contribution in [3.8, 4) is 0 Å². The predicted octanol–water partition coefficient (Wildman–Crippen LogP) is 6.73. The van der Waals surface area contributed by atoms with Gasteiger partial charge in [-0.1, -0.05) is 0 Å². The molecule has 0 aliphatic rings. The number of hydrogen-bond acceptors (Lipinski definition) is 2. The molecule has 19 heteroatoms. The molecule has 0 aliphatic carbocycles. The van der Waals surface area contributed by atoms with Crippen molar-refractivity contribution in [2.24, 2.45) is 0 Å². The van der Waals surface area contributed by atoms with Crippen LogP contribution in [0.3, 0.4) is 0 Å². The van der Waals surface area contributed by atoms with E-state index in [2.05, 4.69) is 4.74 Å². The van der Waals surface area contributed by atoms with Crippen LogP contribution in [-0.4, -0.2) is 60.2 Å². The van der Waals surface area contributed by atoms with Crippen molar-refractivity contribution in [3.63, 3.8) is 0 Å². The van der Waals surface area contributed by atoms with Gasteiger partial charge in [-0.3, -0.25) is 4.79 Å². The third-order valence-corrected chi connectivity index (χ3v) is 3.96. The third kappa shape index (κ3) is 5.68. The van der Waals surface area contributed by atoms with Crippen LogP contribution in [0, 0.1) is 0 Å². The molecule has 0 aromatic carbocycles. The SMILES string of the molecule is CC(F)(F)C(F)(F)CCC(=O)OCCC(F)(F)C(F)(F)C(F)(F)C(F)(F)C(F)(F)C(F)(F)F. The highest BCUT2D eigenvalue weighted by molar-refractivity contribution is 5.69. The Labute approximate surface area is 172 Å². The molecule has 0 radical (unpaired) electrons. The molecule has 0 amide bonds. The zero-order valence-corrected chi connectivity index (χ0v) is 15.6. The highest BCUT2D eigenvalue weighted by Gasteiger charge is 2.90. The van der Waals surface area contributed by atoms with Crippen molar-refractivity contribution in [2.45, 2.75) is 73.8 Å². The Morgan fingerprint density at radius 2 is 0.970 bits per heavy atom. The zero-order chi connectivity index (χ0) is 27.1. The van der Waals surface area contributed by atoms with E-state index in [0.29, 0.717) is 0 Å². The minimum Gasteiger partial charge on any atom is -0.465 e. The normalized spacial score (nSPS) is 15.6. The van der Waals surface area contributed by atoms with Crippen LogP contribution in [0.2, 0.25) is 0 Å². The molecule has 0 aliphatic heterocycles. The summed E-state index contributed by atoms with van der Waals surface area (Å²) < 4.78 is 221. The molecule has 0 N–H and O–H groups in total. The van der Waals surface area contributed by atoms with Crippen LogP contribution in [-0.2, 0) is 9.53 Å². The summed E-state index contributed by atoms with van der Waals surface area (Å²) in [5.41, 5.74) is 0. The van der Waals surface area contributed by atoms with Crippen LogP contribution < -0.4 is 0 Å². The van der Waals surface area contributed by atoms with Gasteiger partial charge in [0, 0.05) is 13.3 Å². The number of rotatable bonds is 11. The number of halogens is 17. The van der Waals surface area contributed by atoms with Gasteiger partial charge in [0.25, 0.3) is 0 Å². The lowest BCUT2D eigenvalue weighted by molar-refractivity contribution is -0.440. The van der Waals surface area contributed by atoms with E-state index in [9.17, 15) is 79.4 Å². The minimum atomic E-state index is -8.10. The molecule has 2 nitrogen and oxygen atoms in total. The van der Waals surface area contributed by atoms with Crippen molar-refractivity contribution in [1.82, 2.24) is 0 Å². The summed E-state index contributed by atoms with van der Waals surface area (Å²) in [6.45, 7) is -2.44. The molecule has 0 spiro atoms. The van der Waals surface area contributed by atoms with Crippen molar-refractivity contribution < 1.29 is 84.2 Å². The van der Waals surface area contributed by atoms with Crippen LogP contribution in [0.4, 0.5) is 74.6 Å². The number of esters is 1. The molecule has 0 heterocycles. The number of carbonyl (C=O) groups is 1. The smallest absolute Gasteiger partial charge is 0.460 e. The first-order chi connectivity index (χ1) is 14.1. The first-order valence-corrected chi connectivity index (χ1v) is 7.97. The van der Waals surface area contributed by atoms with Crippen LogP contribution in [0.5, 0.6) is 0 Å². The van der Waals surface area contributed by atoms with Crippen molar-refractivity contribution in [2.75, 3.05) is 6.61 Å². The maximum atomic E-state index is 13.4. The van der Waals surface area contributed by atoms with Crippen molar-refractivity contribution in [3.05, 3.63) is 0 Å². The van der Waals surface area contributed by atoms with E-state index in [1.54, 1.807) is 0 Å². The lowest BCUT2D eigenvalue weighted by atomic mass is 9.93. The Hall–Kier alpha value is -1.72. The van der Waals surface area contributed by atoms with E-state index in [1.807, 2.05) is 0 Å². The molecule has 0 rings (SSSR count). The molecule has 198 valence electrons. The fraction of sp³-hybridized carbons (Fsp3) is 0.929. The summed E-state index contributed by atoms with van der Waals surface area (Å²) in [5, 5.41) is 0. The summed E-state index contributed by atoms with van der Waals surface area (Å²) >= 11 is 0. The first-order valence-electron chi connectivity index (χ1n) is 7.97. The van der Waals surface area contributed by atoms with Crippen molar-refractivity contribution in [1.29, 1.82) is 0 Å². The second-order valence-electron chi connectivity index (χ2n) is 6.56. The van der Waals surface area contributed by atoms with E-state index in [4.69, 9.17) is 0 Å². The Kier molecular flexibility index (Phi) is 8.35. The molecule has 33 heavy (non-hydrogen) atoms. The molecular weight excluding hydrogens is 523 g/mol. The summed E-state index contributed by atoms with van der Waals surface area (Å²) in [5.74, 6) is -49.7. The van der Waals surface area contributed by atoms with Gasteiger partial charge in [0.15, 0.2) is 0 Å². The third-order valence-electron chi connectivity index (χ3n) is 3.96. The fourth-order valence-electron chi connectivity index (χ4n) is 1.80. The zero-order valence-electron chi connectivity index (χ0n) is 15.6. The van der Waals surface area contributed by atoms with E-state index >= 15 is 0 Å². The molecular formula is C14H11F17O2. The fourth-order valence-corrected chi connectivity index (χ4v) is 1.80. The van der Waals surface area contributed by atoms with Crippen LogP contribution in [0.25, 0.3) is 0 Å². The van der Waals surface area contributed by atoms with E-state index in [1.165, 1.54) is 0 Å². The number of alkyl halides is 17. The van der Waals surface area contributed by atoms with E-state index in [0.717, 1.165) is 0 Å². The molecule has 0 bridgehead atoms. The van der Waals surface area contributed by atoms with Crippen LogP contribution >= 0.6 is 0 Å². The maximum Gasteiger partial charge on any atom is 0.460 e. The average Bonchev–Trinajstić information content (AvgIpc) is 2.57. The summed E-state index contributed by atoms with van der Waals surface area (Å²) in [6.07, 6.45) is -14.1. The highest BCUT2D eigenvalue weighted by atomic mass is 19.4. The van der Waals surface area contributed by atoms with Gasteiger partial charge in [0.05, 0.1) is 19.4 Å². The lowest BCUT2D eigenvalue weighted by Gasteiger charge is -2.39. The monoisotopic (exact) mass is 534 g/mol. The van der Waals surface area contributed by atoms with Gasteiger partial charge in [-0.05, 0) is 0 Å². The van der Waals surface area contributed by atoms with Gasteiger partial charge in [-0.2, -0.15) is 65.9 Å². The van der Waals surface area contributed by atoms with E-state index < -0.39 is 79.5 Å². The largest absolute Gasteiger partial charge is 0.465 e. The standard InChI is InChI=1S/C14H11F17O2/c1-7(15,16)8(17,18)3-2-6(32)33-5-4-9(19,20)10(21,22)11(23,24)12(25,26)13(27,28)14(29,30)31/h2-5H2,1H3. The Balaban J connectivity index is 5.43. The summed E-state index contributed by atoms with van der Waals surface area (Å²) in [4.78, 5) is 11.0. The molecule has 0 aromatic rings. The number of carbonyl (C=O) groups excluding carboxylic acids is 1. The topological polar surface area (TPSA) is 26.3 Å². The van der Waals surface area contributed by atoms with Crippen LogP contribution in [0.1, 0.15) is 26.2 Å². The molecule has 0 unspecified atom stereocenters. The van der Waals surface area contributed by atoms with Gasteiger partial charge >= 0.3 is 53.6 Å². The second kappa shape index (κ2) is 8.81. The van der Waals surface area contributed by atoms with Gasteiger partial charge in [-0.15, -0.1) is 0 Å². The lowest BCUT2D eigenvalue weighted by Crippen LogP contribution is -2.70. The van der Waals surface area contributed by atoms with E-state index in [-0.39, 0.29) is 6.92 Å². The predicted molar refractivity (Wildman–Crippen MR) is 71.2 cm³/mol. The minimum absolute atomic E-state index is 0.279. The number of ether oxygens (including phenoxy) is 1. The second-order valence-corrected chi connectivity index (χ2v) is 6.56. The molecule has 0 aromatic heterocycles. The van der Waals surface area contributed by atoms with Gasteiger partial charge in [-0.25, -0.2) is 8.78 Å². The Bertz CT molecular complexity index is 689. The average molecular weight is 534 g/mol. The van der Waals surface area contributed by atoms with Gasteiger partial charge in [0.2, 0.25) is 0 Å². The van der Waals surface area contributed by atoms with Gasteiger partial charge in [0.1, 0.15) is 0 Å². The maximum absolute atomic E-state index is 13.4. The molecule has 0 saturated carbocycles. The van der Waals surface area contributed by atoms with Gasteiger partial charge < -0.3 is 4.74 Å². The molecule has 0 saturated heterocycles. The Morgan fingerprint density at radius 3 is 1.33 bits per heavy atom. The van der Waals surface area contributed by atoms with Crippen LogP contribution in [0.15, 0.2) is 0 Å². The quantitative estimate of drug-likeness (QED) is 0.217. The molecule has 0 atom stereocenters. The van der Waals surface area contributed by atoms with Crippen molar-refractivity contribution >= 4 is 5.97 Å². The highest BCUT2D eigenvalue weighted by Crippen LogP contribution is 2.60. The number of hydrogen-bond donors (Lipinski definition) is 0. The Morgan fingerprint density at radius 1 is 0.576 bits per heavy atom. The molecule has 0 fully saturated rings. The summed E-state index contributed by atoms with van der Waals surface area (Å²) in [7, 11) is 0.